The normalized spacial score (nSPS) is 11.1. The van der Waals surface area contributed by atoms with Crippen molar-refractivity contribution in [2.45, 2.75) is 26.4 Å². The van der Waals surface area contributed by atoms with E-state index in [9.17, 15) is 0 Å². The van der Waals surface area contributed by atoms with Gasteiger partial charge in [-0.2, -0.15) is 10.2 Å². The molecule has 0 aromatic carbocycles. The van der Waals surface area contributed by atoms with Crippen LogP contribution >= 0.6 is 15.9 Å². The standard InChI is InChI=1S/C11H17BrN6/c1-4-8-11(12)9(18(3)15-8)5-13-6-10-14-7-17(2)16-10/h7,13H,4-6H2,1-3H3. The molecule has 0 fully saturated rings. The largest absolute Gasteiger partial charge is 0.304 e. The molecule has 98 valence electrons. The van der Waals surface area contributed by atoms with Gasteiger partial charge in [-0.05, 0) is 22.4 Å². The Morgan fingerprint density at radius 2 is 2.06 bits per heavy atom. The fraction of sp³-hybridized carbons (Fsp3) is 0.545. The number of hydrogen-bond donors (Lipinski definition) is 1. The summed E-state index contributed by atoms with van der Waals surface area (Å²) in [6.45, 7) is 3.49. The molecule has 2 aromatic rings. The van der Waals surface area contributed by atoms with E-state index >= 15 is 0 Å². The van der Waals surface area contributed by atoms with Crippen LogP contribution in [0.2, 0.25) is 0 Å². The summed E-state index contributed by atoms with van der Waals surface area (Å²) < 4.78 is 4.70. The Morgan fingerprint density at radius 1 is 1.28 bits per heavy atom. The van der Waals surface area contributed by atoms with Gasteiger partial charge in [-0.3, -0.25) is 9.36 Å². The van der Waals surface area contributed by atoms with Crippen LogP contribution in [0.25, 0.3) is 0 Å². The molecular formula is C11H17BrN6. The van der Waals surface area contributed by atoms with Crippen LogP contribution in [0.1, 0.15) is 24.1 Å². The quantitative estimate of drug-likeness (QED) is 0.900. The second kappa shape index (κ2) is 5.62. The number of nitrogens with zero attached hydrogens (tertiary/aromatic N) is 5. The first-order valence-electron chi connectivity index (χ1n) is 5.87. The van der Waals surface area contributed by atoms with Gasteiger partial charge in [-0.1, -0.05) is 6.92 Å². The molecule has 0 spiro atoms. The van der Waals surface area contributed by atoms with Gasteiger partial charge in [0.2, 0.25) is 0 Å². The zero-order chi connectivity index (χ0) is 13.1. The van der Waals surface area contributed by atoms with Crippen LogP contribution in [0, 0.1) is 0 Å². The fourth-order valence-electron chi connectivity index (χ4n) is 1.77. The molecule has 0 aliphatic carbocycles. The van der Waals surface area contributed by atoms with E-state index in [1.54, 1.807) is 11.0 Å². The molecule has 7 heteroatoms. The minimum Gasteiger partial charge on any atom is -0.304 e. The smallest absolute Gasteiger partial charge is 0.164 e. The molecule has 0 saturated heterocycles. The Bertz CT molecular complexity index is 530. The van der Waals surface area contributed by atoms with Crippen molar-refractivity contribution in [1.82, 2.24) is 29.9 Å². The maximum absolute atomic E-state index is 4.45. The monoisotopic (exact) mass is 312 g/mol. The van der Waals surface area contributed by atoms with Gasteiger partial charge in [0.25, 0.3) is 0 Å². The Balaban J connectivity index is 1.96. The van der Waals surface area contributed by atoms with Crippen molar-refractivity contribution in [3.05, 3.63) is 28.0 Å². The summed E-state index contributed by atoms with van der Waals surface area (Å²) in [4.78, 5) is 4.17. The minimum absolute atomic E-state index is 0.653. The summed E-state index contributed by atoms with van der Waals surface area (Å²) >= 11 is 3.59. The molecule has 1 N–H and O–H groups in total. The molecule has 6 nitrogen and oxygen atoms in total. The third-order valence-corrected chi connectivity index (χ3v) is 3.64. The summed E-state index contributed by atoms with van der Waals surface area (Å²) in [5, 5.41) is 12.0. The summed E-state index contributed by atoms with van der Waals surface area (Å²) in [5.41, 5.74) is 2.23. The summed E-state index contributed by atoms with van der Waals surface area (Å²) in [6.07, 6.45) is 2.63. The van der Waals surface area contributed by atoms with Crippen LogP contribution in [-0.2, 0) is 33.6 Å². The summed E-state index contributed by atoms with van der Waals surface area (Å²) in [7, 11) is 3.82. The molecule has 0 bridgehead atoms. The van der Waals surface area contributed by atoms with Crippen molar-refractivity contribution in [2.75, 3.05) is 0 Å². The minimum atomic E-state index is 0.653. The maximum atomic E-state index is 4.45. The predicted molar refractivity (Wildman–Crippen MR) is 71.8 cm³/mol. The van der Waals surface area contributed by atoms with E-state index in [1.165, 1.54) is 0 Å². The number of aryl methyl sites for hydroxylation is 3. The molecule has 2 aromatic heterocycles. The molecule has 18 heavy (non-hydrogen) atoms. The lowest BCUT2D eigenvalue weighted by Gasteiger charge is -2.03. The van der Waals surface area contributed by atoms with Crippen molar-refractivity contribution in [3.8, 4) is 0 Å². The van der Waals surface area contributed by atoms with Crippen LogP contribution in [0.3, 0.4) is 0 Å². The van der Waals surface area contributed by atoms with Crippen LogP contribution in [0.15, 0.2) is 10.8 Å². The second-order valence-corrected chi connectivity index (χ2v) is 4.92. The molecule has 0 aliphatic rings. The number of nitrogens with one attached hydrogen (secondary N) is 1. The van der Waals surface area contributed by atoms with E-state index in [0.717, 1.165) is 34.7 Å². The van der Waals surface area contributed by atoms with Gasteiger partial charge in [-0.25, -0.2) is 4.98 Å². The number of rotatable bonds is 5. The first-order valence-corrected chi connectivity index (χ1v) is 6.66. The highest BCUT2D eigenvalue weighted by atomic mass is 79.9. The van der Waals surface area contributed by atoms with E-state index in [-0.39, 0.29) is 0 Å². The van der Waals surface area contributed by atoms with Crippen LogP contribution in [0.5, 0.6) is 0 Å². The first kappa shape index (κ1) is 13.2. The second-order valence-electron chi connectivity index (χ2n) is 4.12. The lowest BCUT2D eigenvalue weighted by Crippen LogP contribution is -2.16. The van der Waals surface area contributed by atoms with E-state index in [1.807, 2.05) is 18.8 Å². The Kier molecular flexibility index (Phi) is 4.13. The Morgan fingerprint density at radius 3 is 2.61 bits per heavy atom. The summed E-state index contributed by atoms with van der Waals surface area (Å²) in [6, 6.07) is 0. The zero-order valence-corrected chi connectivity index (χ0v) is 12.4. The van der Waals surface area contributed by atoms with Crippen LogP contribution in [0.4, 0.5) is 0 Å². The van der Waals surface area contributed by atoms with Crippen LogP contribution < -0.4 is 5.32 Å². The van der Waals surface area contributed by atoms with Crippen molar-refractivity contribution < 1.29 is 0 Å². The predicted octanol–water partition coefficient (Wildman–Crippen LogP) is 1.16. The lowest BCUT2D eigenvalue weighted by molar-refractivity contribution is 0.604. The van der Waals surface area contributed by atoms with Gasteiger partial charge in [-0.15, -0.1) is 0 Å². The molecule has 0 aliphatic heterocycles. The highest BCUT2D eigenvalue weighted by molar-refractivity contribution is 9.10. The molecule has 2 heterocycles. The molecule has 0 unspecified atom stereocenters. The molecule has 0 amide bonds. The number of hydrogen-bond acceptors (Lipinski definition) is 4. The molecule has 0 radical (unpaired) electrons. The number of halogens is 1. The fourth-order valence-corrected chi connectivity index (χ4v) is 2.53. The van der Waals surface area contributed by atoms with Crippen molar-refractivity contribution in [2.24, 2.45) is 14.1 Å². The zero-order valence-electron chi connectivity index (χ0n) is 10.8. The third kappa shape index (κ3) is 2.78. The molecule has 2 rings (SSSR count). The average molecular weight is 313 g/mol. The lowest BCUT2D eigenvalue weighted by atomic mass is 10.3. The Hall–Kier alpha value is -1.21. The molecule has 0 atom stereocenters. The number of aromatic nitrogens is 5. The third-order valence-electron chi connectivity index (χ3n) is 2.73. The van der Waals surface area contributed by atoms with Crippen molar-refractivity contribution in [3.63, 3.8) is 0 Å². The van der Waals surface area contributed by atoms with E-state index in [4.69, 9.17) is 0 Å². The Labute approximate surface area is 115 Å². The van der Waals surface area contributed by atoms with Gasteiger partial charge >= 0.3 is 0 Å². The van der Waals surface area contributed by atoms with Crippen molar-refractivity contribution in [1.29, 1.82) is 0 Å². The summed E-state index contributed by atoms with van der Waals surface area (Å²) in [5.74, 6) is 0.798. The van der Waals surface area contributed by atoms with E-state index in [2.05, 4.69) is 43.4 Å². The van der Waals surface area contributed by atoms with Gasteiger partial charge in [0.15, 0.2) is 5.82 Å². The highest BCUT2D eigenvalue weighted by Crippen LogP contribution is 2.21. The SMILES string of the molecule is CCc1nn(C)c(CNCc2ncn(C)n2)c1Br. The topological polar surface area (TPSA) is 60.6 Å². The van der Waals surface area contributed by atoms with E-state index in [0.29, 0.717) is 6.54 Å². The average Bonchev–Trinajstić information content (AvgIpc) is 2.86. The van der Waals surface area contributed by atoms with Gasteiger partial charge in [0.1, 0.15) is 6.33 Å². The van der Waals surface area contributed by atoms with Gasteiger partial charge in [0.05, 0.1) is 22.4 Å². The van der Waals surface area contributed by atoms with Gasteiger partial charge < -0.3 is 5.32 Å². The van der Waals surface area contributed by atoms with Gasteiger partial charge in [0, 0.05) is 20.6 Å². The highest BCUT2D eigenvalue weighted by Gasteiger charge is 2.11. The van der Waals surface area contributed by atoms with Crippen molar-refractivity contribution >= 4 is 15.9 Å². The first-order chi connectivity index (χ1) is 8.61. The van der Waals surface area contributed by atoms with Crippen LogP contribution in [-0.4, -0.2) is 24.5 Å². The molecular weight excluding hydrogens is 296 g/mol. The maximum Gasteiger partial charge on any atom is 0.164 e. The van der Waals surface area contributed by atoms with E-state index < -0.39 is 0 Å². The molecule has 0 saturated carbocycles.